The fourth-order valence-corrected chi connectivity index (χ4v) is 8.36. The summed E-state index contributed by atoms with van der Waals surface area (Å²) in [7, 11) is 0. The number of nitrogens with zero attached hydrogens (tertiary/aromatic N) is 1. The highest BCUT2D eigenvalue weighted by atomic mass is 16.7. The van der Waals surface area contributed by atoms with Gasteiger partial charge >= 0.3 is 5.97 Å². The molecular weight excluding hydrogens is 626 g/mol. The number of carbonyl (C=O) groups is 1. The second kappa shape index (κ2) is 15.4. The molecule has 1 unspecified atom stereocenters. The third-order valence-electron chi connectivity index (χ3n) is 11.7. The van der Waals surface area contributed by atoms with Gasteiger partial charge in [0, 0.05) is 44.8 Å². The number of carbonyl (C=O) groups excluding carboxylic acids is 1. The maximum atomic E-state index is 14.2. The zero-order valence-corrected chi connectivity index (χ0v) is 30.3. The highest BCUT2D eigenvalue weighted by Gasteiger charge is 2.60. The molecule has 0 aromatic heterocycles. The Kier molecular flexibility index (Phi) is 11.1. The van der Waals surface area contributed by atoms with Gasteiger partial charge in [-0.3, -0.25) is 9.69 Å². The average molecular weight is 688 g/mol. The van der Waals surface area contributed by atoms with Crippen LogP contribution < -0.4 is 0 Å². The third-order valence-corrected chi connectivity index (χ3v) is 11.7. The van der Waals surface area contributed by atoms with Crippen molar-refractivity contribution < 1.29 is 44.8 Å². The summed E-state index contributed by atoms with van der Waals surface area (Å²) in [4.78, 5) is 16.5. The third kappa shape index (κ3) is 7.97. The second-order valence-electron chi connectivity index (χ2n) is 15.4. The van der Waals surface area contributed by atoms with E-state index in [2.05, 4.69) is 45.6 Å². The lowest BCUT2D eigenvalue weighted by molar-refractivity contribution is -0.340. The van der Waals surface area contributed by atoms with Gasteiger partial charge in [0.05, 0.1) is 32.9 Å². The summed E-state index contributed by atoms with van der Waals surface area (Å²) < 4.78 is 46.9. The zero-order valence-electron chi connectivity index (χ0n) is 31.3. The van der Waals surface area contributed by atoms with Crippen molar-refractivity contribution in [2.75, 3.05) is 39.6 Å². The largest absolute Gasteiger partial charge is 0.462 e. The van der Waals surface area contributed by atoms with Crippen molar-refractivity contribution in [1.82, 2.24) is 4.90 Å². The normalized spacial score (nSPS) is 46.7. The van der Waals surface area contributed by atoms with E-state index in [4.69, 9.17) is 29.8 Å². The highest BCUT2D eigenvalue weighted by molar-refractivity contribution is 5.78. The summed E-state index contributed by atoms with van der Waals surface area (Å²) in [6.45, 7) is 16.2. The fourth-order valence-electron chi connectivity index (χ4n) is 8.36. The lowest BCUT2D eigenvalue weighted by Gasteiger charge is -2.51. The van der Waals surface area contributed by atoms with Gasteiger partial charge in [-0.2, -0.15) is 0 Å². The van der Waals surface area contributed by atoms with Crippen LogP contribution in [-0.4, -0.2) is 109 Å². The van der Waals surface area contributed by atoms with Crippen molar-refractivity contribution >= 4 is 5.97 Å². The van der Waals surface area contributed by atoms with Crippen LogP contribution in [0.5, 0.6) is 0 Å². The molecule has 10 nitrogen and oxygen atoms in total. The molecule has 6 rings (SSSR count). The number of ether oxygens (including phenoxy) is 6. The Labute approximate surface area is 293 Å². The van der Waals surface area contributed by atoms with Crippen LogP contribution in [0.1, 0.15) is 81.4 Å². The van der Waals surface area contributed by atoms with Crippen LogP contribution in [0.15, 0.2) is 47.1 Å². The van der Waals surface area contributed by atoms with E-state index in [0.29, 0.717) is 49.7 Å². The average Bonchev–Trinajstić information content (AvgIpc) is 3.84. The monoisotopic (exact) mass is 687 g/mol. The van der Waals surface area contributed by atoms with Gasteiger partial charge in [0.15, 0.2) is 5.79 Å². The molecule has 1 spiro atoms. The van der Waals surface area contributed by atoms with Gasteiger partial charge in [-0.05, 0) is 55.2 Å². The molecule has 5 heterocycles. The Morgan fingerprint density at radius 2 is 1.98 bits per heavy atom. The van der Waals surface area contributed by atoms with Crippen molar-refractivity contribution in [3.05, 3.63) is 47.1 Å². The molecule has 4 saturated heterocycles. The minimum Gasteiger partial charge on any atom is -0.462 e. The van der Waals surface area contributed by atoms with E-state index >= 15 is 0 Å². The Morgan fingerprint density at radius 3 is 2.73 bits per heavy atom. The smallest absolute Gasteiger partial charge is 0.316 e. The molecule has 2 N–H and O–H groups in total. The van der Waals surface area contributed by atoms with E-state index in [-0.39, 0.29) is 43.2 Å². The zero-order chi connectivity index (χ0) is 35.8. The van der Waals surface area contributed by atoms with E-state index in [1.807, 2.05) is 12.2 Å². The molecule has 2 bridgehead atoms. The topological polar surface area (TPSA) is 116 Å². The molecule has 49 heavy (non-hydrogen) atoms. The number of allylic oxidation sites excluding steroid dienone is 2. The van der Waals surface area contributed by atoms with E-state index in [9.17, 15) is 15.0 Å². The van der Waals surface area contributed by atoms with Gasteiger partial charge in [-0.1, -0.05) is 64.5 Å². The van der Waals surface area contributed by atoms with E-state index in [1.165, 1.54) is 6.08 Å². The molecule has 274 valence electrons. The molecule has 10 heteroatoms. The Bertz CT molecular complexity index is 1350. The minimum absolute atomic E-state index is 0.0181. The number of hydrogen-bond donors (Lipinski definition) is 2. The van der Waals surface area contributed by atoms with Crippen LogP contribution >= 0.6 is 0 Å². The van der Waals surface area contributed by atoms with Gasteiger partial charge in [0.2, 0.25) is 0 Å². The summed E-state index contributed by atoms with van der Waals surface area (Å²) in [5, 5.41) is 23.5. The molecule has 0 aromatic rings. The molecule has 4 fully saturated rings. The fraction of sp³-hybridized carbons (Fsp3) is 0.769. The van der Waals surface area contributed by atoms with Crippen molar-refractivity contribution in [1.29, 1.82) is 0 Å². The Balaban J connectivity index is 1.34. The first-order chi connectivity index (χ1) is 23.8. The van der Waals surface area contributed by atoms with Crippen LogP contribution in [0.4, 0.5) is 0 Å². The van der Waals surface area contributed by atoms with Crippen molar-refractivity contribution in [2.24, 2.45) is 23.7 Å². The van der Waals surface area contributed by atoms with Gasteiger partial charge in [-0.15, -0.1) is 0 Å². The van der Waals surface area contributed by atoms with Crippen molar-refractivity contribution in [3.63, 3.8) is 0 Å². The summed E-state index contributed by atoms with van der Waals surface area (Å²) in [6, 6.07) is 0. The molecule has 0 saturated carbocycles. The number of rotatable bonds is 8. The number of esters is 1. The molecule has 0 radical (unpaired) electrons. The van der Waals surface area contributed by atoms with Crippen LogP contribution in [0, 0.1) is 23.7 Å². The predicted molar refractivity (Wildman–Crippen MR) is 184 cm³/mol. The van der Waals surface area contributed by atoms with Gasteiger partial charge in [-0.25, -0.2) is 0 Å². The first-order valence-electron chi connectivity index (χ1n) is 19.0. The number of aliphatic hydroxyl groups is 2. The maximum Gasteiger partial charge on any atom is 0.316 e. The summed E-state index contributed by atoms with van der Waals surface area (Å²) >= 11 is 0. The predicted octanol–water partition coefficient (Wildman–Crippen LogP) is 4.85. The molecule has 0 aromatic carbocycles. The van der Waals surface area contributed by atoms with Crippen LogP contribution in [0.2, 0.25) is 0 Å². The Morgan fingerprint density at radius 1 is 1.18 bits per heavy atom. The molecule has 5 aliphatic heterocycles. The molecule has 12 atom stereocenters. The molecule has 0 amide bonds. The summed E-state index contributed by atoms with van der Waals surface area (Å²) in [5.74, 6) is -2.05. The van der Waals surface area contributed by atoms with Gasteiger partial charge in [0.25, 0.3) is 0 Å². The quantitative estimate of drug-likeness (QED) is 0.121. The van der Waals surface area contributed by atoms with E-state index < -0.39 is 41.6 Å². The van der Waals surface area contributed by atoms with Crippen molar-refractivity contribution in [2.45, 2.75) is 128 Å². The first kappa shape index (κ1) is 35.5. The summed E-state index contributed by atoms with van der Waals surface area (Å²) in [6.07, 6.45) is 8.58. The molecule has 1 aliphatic carbocycles. The van der Waals surface area contributed by atoms with Crippen LogP contribution in [0.3, 0.4) is 0 Å². The second-order valence-corrected chi connectivity index (χ2v) is 15.4. The summed E-state index contributed by atoms with van der Waals surface area (Å²) in [5.41, 5.74) is -0.303. The molecule has 6 aliphatic rings. The highest BCUT2D eigenvalue weighted by Crippen LogP contribution is 2.48. The standard InChI is InChI=1S/C39H59NO9/c1-7-24(2)35-27(5)13-14-38(49-35)21-31-20-30(48-38)12-11-26(4)34(46-23-44-18-17-40-15-16-40)25(3)9-8-10-29-22-45-36-33(41)28(6)19-32(37(42)47-31)39(29,36)43/h8-11,19,24-25,27,30-36,41,43H,7,12-18,20-23H2,1-6H3/b9-8+,26-11+,29-10+/t24?,25-,27-,30+,31-,32-,33+,34-,35+,36+,38+,39+/m0/s1/i33T. The lowest BCUT2D eigenvalue weighted by atomic mass is 9.71. The van der Waals surface area contributed by atoms with Gasteiger partial charge < -0.3 is 38.6 Å². The lowest BCUT2D eigenvalue weighted by Crippen LogP contribution is -2.58. The maximum absolute atomic E-state index is 14.2. The first-order valence-corrected chi connectivity index (χ1v) is 18.5. The minimum atomic E-state index is -2.22. The van der Waals surface area contributed by atoms with E-state index in [0.717, 1.165) is 38.0 Å². The number of fused-ring (bicyclic) bond motifs is 2. The van der Waals surface area contributed by atoms with Crippen LogP contribution in [-0.2, 0) is 33.2 Å². The number of hydrogen-bond acceptors (Lipinski definition) is 10. The SMILES string of the molecule is [3H][C@@]1(O)C(C)=C[C@H]2C(=O)O[C@H]3C[C@@H](C/C=C(\C)[C@@H](OCOCCN4CC4)[C@@H](C)/C=C/C=C4\CO[C@H]1[C@@]42O)O[C@@]1(CC[C@H](C)[C@@H](C(C)CC)O1)C3. The van der Waals surface area contributed by atoms with Crippen LogP contribution in [0.25, 0.3) is 0 Å². The van der Waals surface area contributed by atoms with Gasteiger partial charge in [0.1, 0.15) is 36.6 Å². The van der Waals surface area contributed by atoms with E-state index in [1.54, 1.807) is 13.0 Å². The van der Waals surface area contributed by atoms with Crippen molar-refractivity contribution in [3.8, 4) is 0 Å². The molecular formula is C39H59NO9. The Hall–Kier alpha value is -1.89.